The van der Waals surface area contributed by atoms with Crippen LogP contribution < -0.4 is 5.30 Å². The van der Waals surface area contributed by atoms with Gasteiger partial charge in [-0.2, -0.15) is 0 Å². The second-order valence-corrected chi connectivity index (χ2v) is 51.7. The van der Waals surface area contributed by atoms with Gasteiger partial charge in [-0.05, 0) is 21.1 Å². The van der Waals surface area contributed by atoms with Gasteiger partial charge in [-0.15, -0.1) is 0 Å². The van der Waals surface area contributed by atoms with Crippen LogP contribution in [0.15, 0.2) is 12.1 Å². The molecule has 0 aliphatic heterocycles. The summed E-state index contributed by atoms with van der Waals surface area (Å²) in [5, 5.41) is 3.81. The van der Waals surface area contributed by atoms with Crippen molar-refractivity contribution in [2.45, 2.75) is 133 Å². The summed E-state index contributed by atoms with van der Waals surface area (Å²) in [5.41, 5.74) is 5.12. The molecule has 0 saturated carbocycles. The van der Waals surface area contributed by atoms with Crippen molar-refractivity contribution in [1.29, 1.82) is 0 Å². The highest BCUT2D eigenvalue weighted by molar-refractivity contribution is 7.28. The number of hydrogen-bond donors (Lipinski definition) is 0. The molecule has 0 bridgehead atoms. The van der Waals surface area contributed by atoms with Gasteiger partial charge in [-0.1, -0.05) is 141 Å². The fourth-order valence-electron chi connectivity index (χ4n) is 8.10. The summed E-state index contributed by atoms with van der Waals surface area (Å²) < 4.78 is 0. The molecule has 34 heavy (non-hydrogen) atoms. The highest BCUT2D eigenvalue weighted by Crippen LogP contribution is 2.44. The van der Waals surface area contributed by atoms with E-state index in [2.05, 4.69) is 139 Å². The van der Waals surface area contributed by atoms with Gasteiger partial charge in [0, 0.05) is 48.4 Å². The van der Waals surface area contributed by atoms with Crippen LogP contribution in [0.5, 0.6) is 0 Å². The molecular formula is C27H60PSi6-. The average Bonchev–Trinajstić information content (AvgIpc) is 2.42. The minimum Gasteiger partial charge on any atom is -0.524 e. The van der Waals surface area contributed by atoms with Crippen LogP contribution in [0.2, 0.25) is 118 Å². The zero-order valence-corrected chi connectivity index (χ0v) is 33.4. The Kier molecular flexibility index (Phi) is 9.95. The van der Waals surface area contributed by atoms with E-state index in [1.165, 1.54) is 5.30 Å². The first-order chi connectivity index (χ1) is 14.6. The predicted octanol–water partition coefficient (Wildman–Crippen LogP) is 9.97. The second-order valence-electron chi connectivity index (χ2n) is 17.6. The van der Waals surface area contributed by atoms with Crippen molar-refractivity contribution in [3.63, 3.8) is 0 Å². The van der Waals surface area contributed by atoms with E-state index in [1.54, 1.807) is 16.7 Å². The van der Waals surface area contributed by atoms with Gasteiger partial charge >= 0.3 is 0 Å². The Morgan fingerprint density at radius 2 is 0.618 bits per heavy atom. The normalized spacial score (nSPS) is 15.1. The minimum atomic E-state index is -1.42. The van der Waals surface area contributed by atoms with Crippen LogP contribution in [0.4, 0.5) is 0 Å². The van der Waals surface area contributed by atoms with Gasteiger partial charge in [0.1, 0.15) is 0 Å². The van der Waals surface area contributed by atoms with Crippen molar-refractivity contribution < 1.29 is 0 Å². The molecule has 0 amide bonds. The summed E-state index contributed by atoms with van der Waals surface area (Å²) in [5.74, 6) is 0. The van der Waals surface area contributed by atoms with E-state index < -0.39 is 48.4 Å². The molecule has 0 nitrogen and oxygen atoms in total. The van der Waals surface area contributed by atoms with Crippen LogP contribution in [0.1, 0.15) is 32.2 Å². The average molecular weight is 584 g/mol. The topological polar surface area (TPSA) is 0 Å². The van der Waals surface area contributed by atoms with Gasteiger partial charge < -0.3 is 9.24 Å². The quantitative estimate of drug-likeness (QED) is 0.200. The molecular weight excluding hydrogens is 524 g/mol. The summed E-state index contributed by atoms with van der Waals surface area (Å²) in [7, 11) is -4.03. The Morgan fingerprint density at radius 1 is 0.412 bits per heavy atom. The Labute approximate surface area is 224 Å². The molecule has 0 aliphatic carbocycles. The van der Waals surface area contributed by atoms with Gasteiger partial charge in [0.05, 0.1) is 0 Å². The summed E-state index contributed by atoms with van der Waals surface area (Å²) >= 11 is 0. The lowest BCUT2D eigenvalue weighted by atomic mass is 10.1. The third kappa shape index (κ3) is 7.97. The minimum absolute atomic E-state index is 0.763. The Morgan fingerprint density at radius 3 is 0.794 bits per heavy atom. The van der Waals surface area contributed by atoms with Crippen molar-refractivity contribution in [2.24, 2.45) is 0 Å². The van der Waals surface area contributed by atoms with Crippen LogP contribution >= 0.6 is 9.24 Å². The van der Waals surface area contributed by atoms with Crippen molar-refractivity contribution in [3.8, 4) is 0 Å². The fraction of sp³-hybridized carbons (Fsp3) is 0.778. The molecule has 0 spiro atoms. The van der Waals surface area contributed by atoms with Crippen molar-refractivity contribution >= 4 is 63.0 Å². The van der Waals surface area contributed by atoms with Crippen LogP contribution in [0.25, 0.3) is 0 Å². The van der Waals surface area contributed by atoms with E-state index in [-0.39, 0.29) is 0 Å². The predicted molar refractivity (Wildman–Crippen MR) is 183 cm³/mol. The lowest BCUT2D eigenvalue weighted by Gasteiger charge is -2.47. The zero-order valence-electron chi connectivity index (χ0n) is 26.4. The van der Waals surface area contributed by atoms with E-state index in [4.69, 9.17) is 0 Å². The van der Waals surface area contributed by atoms with E-state index in [9.17, 15) is 0 Å². The molecule has 1 aromatic rings. The molecule has 0 aliphatic rings. The Hall–Kier alpha value is 0.951. The van der Waals surface area contributed by atoms with Crippen molar-refractivity contribution in [1.82, 2.24) is 0 Å². The lowest BCUT2D eigenvalue weighted by Crippen LogP contribution is -2.51. The maximum Gasteiger partial charge on any atom is 0.0493 e. The van der Waals surface area contributed by atoms with Crippen LogP contribution in [-0.2, 0) is 0 Å². The van der Waals surface area contributed by atoms with Gasteiger partial charge in [0.2, 0.25) is 0 Å². The molecule has 1 rings (SSSR count). The summed E-state index contributed by atoms with van der Waals surface area (Å²) in [6.07, 6.45) is 0. The highest BCUT2D eigenvalue weighted by Gasteiger charge is 2.44. The molecule has 0 saturated heterocycles. The van der Waals surface area contributed by atoms with E-state index >= 15 is 0 Å². The SMILES string of the molecule is C[Si](C)(C)C(c1cc(C([Si](C)(C)C)[Si](C)(C)C)c([PH-])c(C([Si](C)(C)C)[Si](C)(C)C)c1)[Si](C)(C)C. The summed E-state index contributed by atoms with van der Waals surface area (Å²) in [6.45, 7) is 47.2. The summed E-state index contributed by atoms with van der Waals surface area (Å²) in [4.78, 5) is 0. The zero-order chi connectivity index (χ0) is 27.5. The fourth-order valence-corrected chi connectivity index (χ4v) is 47.3. The molecule has 0 N–H and O–H groups in total. The van der Waals surface area contributed by atoms with Gasteiger partial charge in [-0.3, -0.25) is 0 Å². The van der Waals surface area contributed by atoms with Crippen molar-refractivity contribution in [3.05, 3.63) is 28.8 Å². The standard InChI is InChI=1S/C27H60PSi6/c1-29(2,3)25(30(4,5)6)21-19-22(26(31(7,8)9)32(10,11)12)24(28)23(20-21)27(33(13,14)15)34(16,17)18/h19-20,25-28H,1-18H3/q-1. The van der Waals surface area contributed by atoms with Gasteiger partial charge in [0.15, 0.2) is 0 Å². The van der Waals surface area contributed by atoms with Crippen LogP contribution in [-0.4, -0.2) is 48.4 Å². The maximum absolute atomic E-state index is 4.42. The first-order valence-corrected chi connectivity index (χ1v) is 35.5. The van der Waals surface area contributed by atoms with Crippen LogP contribution in [0.3, 0.4) is 0 Å². The molecule has 0 unspecified atom stereocenters. The first-order valence-electron chi connectivity index (χ1n) is 13.5. The molecule has 7 heteroatoms. The lowest BCUT2D eigenvalue weighted by molar-refractivity contribution is 1.10. The van der Waals surface area contributed by atoms with Gasteiger partial charge in [0.25, 0.3) is 0 Å². The number of rotatable bonds is 9. The third-order valence-corrected chi connectivity index (χ3v) is 35.8. The molecule has 198 valence electrons. The first kappa shape index (κ1) is 33.0. The summed E-state index contributed by atoms with van der Waals surface area (Å²) in [6, 6.07) is 5.50. The van der Waals surface area contributed by atoms with Crippen LogP contribution in [0, 0.1) is 0 Å². The van der Waals surface area contributed by atoms with E-state index in [0.717, 1.165) is 15.5 Å². The molecule has 0 heterocycles. The Bertz CT molecular complexity index is 757. The number of benzene rings is 1. The second kappa shape index (κ2) is 10.3. The maximum atomic E-state index is 4.42. The monoisotopic (exact) mass is 583 g/mol. The molecule has 0 radical (unpaired) electrons. The smallest absolute Gasteiger partial charge is 0.0493 e. The number of hydrogen-bond acceptors (Lipinski definition) is 0. The van der Waals surface area contributed by atoms with E-state index in [1.807, 2.05) is 0 Å². The molecule has 0 atom stereocenters. The Balaban J connectivity index is 4.31. The molecule has 0 aromatic heterocycles. The molecule has 0 fully saturated rings. The van der Waals surface area contributed by atoms with Crippen molar-refractivity contribution in [2.75, 3.05) is 0 Å². The highest BCUT2D eigenvalue weighted by atomic mass is 31.0. The third-order valence-electron chi connectivity index (χ3n) is 7.37. The van der Waals surface area contributed by atoms with E-state index in [0.29, 0.717) is 0 Å². The molecule has 1 aromatic carbocycles. The van der Waals surface area contributed by atoms with Gasteiger partial charge in [-0.25, -0.2) is 5.30 Å². The largest absolute Gasteiger partial charge is 0.524 e.